The third kappa shape index (κ3) is 2.06. The lowest BCUT2D eigenvalue weighted by Gasteiger charge is -2.11. The van der Waals surface area contributed by atoms with Gasteiger partial charge in [0, 0.05) is 11.4 Å². The van der Waals surface area contributed by atoms with Crippen LogP contribution in [0.5, 0.6) is 0 Å². The molecule has 0 bridgehead atoms. The minimum absolute atomic E-state index is 0.0531. The third-order valence-corrected chi connectivity index (χ3v) is 3.36. The van der Waals surface area contributed by atoms with Crippen molar-refractivity contribution in [2.45, 2.75) is 32.2 Å². The van der Waals surface area contributed by atoms with Crippen molar-refractivity contribution in [2.24, 2.45) is 0 Å². The van der Waals surface area contributed by atoms with Gasteiger partial charge in [0.2, 0.25) is 5.82 Å². The van der Waals surface area contributed by atoms with Crippen LogP contribution in [0, 0.1) is 13.8 Å². The van der Waals surface area contributed by atoms with Gasteiger partial charge < -0.3 is 10.4 Å². The molecule has 2 aromatic heterocycles. The molecule has 0 aromatic carbocycles. The molecule has 0 spiro atoms. The number of amides is 1. The third-order valence-electron chi connectivity index (χ3n) is 3.36. The Labute approximate surface area is 109 Å². The summed E-state index contributed by atoms with van der Waals surface area (Å²) in [5.41, 5.74) is 1.24. The van der Waals surface area contributed by atoms with Gasteiger partial charge in [-0.25, -0.2) is 9.50 Å². The van der Waals surface area contributed by atoms with Gasteiger partial charge in [-0.05, 0) is 32.8 Å². The highest BCUT2D eigenvalue weighted by Crippen LogP contribution is 2.34. The van der Waals surface area contributed by atoms with Gasteiger partial charge in [0.15, 0.2) is 0 Å². The van der Waals surface area contributed by atoms with Gasteiger partial charge in [-0.3, -0.25) is 4.79 Å². The summed E-state index contributed by atoms with van der Waals surface area (Å²) in [6.45, 7) is 3.70. The molecule has 1 aliphatic carbocycles. The zero-order chi connectivity index (χ0) is 13.6. The highest BCUT2D eigenvalue weighted by atomic mass is 16.3. The fourth-order valence-electron chi connectivity index (χ4n) is 2.03. The number of aliphatic hydroxyl groups excluding tert-OH is 1. The Kier molecular flexibility index (Phi) is 2.53. The molecular formula is C12H15N5O2. The van der Waals surface area contributed by atoms with Crippen LogP contribution in [0.2, 0.25) is 0 Å². The summed E-state index contributed by atoms with van der Waals surface area (Å²) in [4.78, 5) is 20.4. The first-order valence-corrected chi connectivity index (χ1v) is 6.17. The second-order valence-corrected chi connectivity index (χ2v) is 5.08. The largest absolute Gasteiger partial charge is 0.394 e. The molecule has 0 radical (unpaired) electrons. The fraction of sp³-hybridized carbons (Fsp3) is 0.500. The number of carbonyl (C=O) groups excluding carboxylic acids is 1. The highest BCUT2D eigenvalue weighted by Gasteiger charge is 2.44. The quantitative estimate of drug-likeness (QED) is 0.811. The van der Waals surface area contributed by atoms with Crippen molar-refractivity contribution in [3.05, 3.63) is 23.3 Å². The SMILES string of the molecule is Cc1cc(C)n2nc(C(=O)NC3(CO)CC3)nc2n1. The maximum absolute atomic E-state index is 12.0. The number of hydrogen-bond donors (Lipinski definition) is 2. The maximum Gasteiger partial charge on any atom is 0.291 e. The molecule has 19 heavy (non-hydrogen) atoms. The number of rotatable bonds is 3. The van der Waals surface area contributed by atoms with Gasteiger partial charge >= 0.3 is 0 Å². The second-order valence-electron chi connectivity index (χ2n) is 5.08. The van der Waals surface area contributed by atoms with E-state index < -0.39 is 5.54 Å². The summed E-state index contributed by atoms with van der Waals surface area (Å²) in [7, 11) is 0. The zero-order valence-electron chi connectivity index (χ0n) is 10.8. The lowest BCUT2D eigenvalue weighted by molar-refractivity contribution is 0.0896. The summed E-state index contributed by atoms with van der Waals surface area (Å²) in [5.74, 6) is 0.131. The van der Waals surface area contributed by atoms with Crippen molar-refractivity contribution >= 4 is 11.7 Å². The van der Waals surface area contributed by atoms with Crippen molar-refractivity contribution in [2.75, 3.05) is 6.61 Å². The average Bonchev–Trinajstić information content (AvgIpc) is 2.98. The number of aromatic nitrogens is 4. The first-order chi connectivity index (χ1) is 9.03. The van der Waals surface area contributed by atoms with Crippen LogP contribution in [0.25, 0.3) is 5.78 Å². The van der Waals surface area contributed by atoms with Crippen molar-refractivity contribution in [1.29, 1.82) is 0 Å². The summed E-state index contributed by atoms with van der Waals surface area (Å²) < 4.78 is 1.54. The Morgan fingerprint density at radius 3 is 2.84 bits per heavy atom. The lowest BCUT2D eigenvalue weighted by Crippen LogP contribution is -2.40. The van der Waals surface area contributed by atoms with Gasteiger partial charge in [0.1, 0.15) is 0 Å². The maximum atomic E-state index is 12.0. The second kappa shape index (κ2) is 3.99. The first kappa shape index (κ1) is 12.0. The van der Waals surface area contributed by atoms with Crippen LogP contribution < -0.4 is 5.32 Å². The van der Waals surface area contributed by atoms with Crippen LogP contribution in [0.4, 0.5) is 0 Å². The molecule has 1 aliphatic rings. The molecule has 1 amide bonds. The number of nitrogens with one attached hydrogen (secondary N) is 1. The lowest BCUT2D eigenvalue weighted by atomic mass is 10.3. The molecule has 1 fully saturated rings. The Morgan fingerprint density at radius 2 is 2.21 bits per heavy atom. The minimum atomic E-state index is -0.465. The Morgan fingerprint density at radius 1 is 1.47 bits per heavy atom. The molecule has 3 rings (SSSR count). The number of carbonyl (C=O) groups is 1. The molecule has 0 saturated heterocycles. The minimum Gasteiger partial charge on any atom is -0.394 e. The van der Waals surface area contributed by atoms with Crippen LogP contribution in [0.3, 0.4) is 0 Å². The normalized spacial score (nSPS) is 16.6. The number of fused-ring (bicyclic) bond motifs is 1. The molecule has 7 heteroatoms. The van der Waals surface area contributed by atoms with Crippen molar-refractivity contribution in [1.82, 2.24) is 24.9 Å². The molecule has 2 N–H and O–H groups in total. The summed E-state index contributed by atoms with van der Waals surface area (Å²) in [6, 6.07) is 1.87. The van der Waals surface area contributed by atoms with Gasteiger partial charge in [-0.1, -0.05) is 0 Å². The monoisotopic (exact) mass is 261 g/mol. The predicted molar refractivity (Wildman–Crippen MR) is 66.8 cm³/mol. The summed E-state index contributed by atoms with van der Waals surface area (Å²) in [6.07, 6.45) is 1.58. The standard InChI is InChI=1S/C12H15N5O2/c1-7-5-8(2)17-11(13-7)14-9(16-17)10(19)15-12(6-18)3-4-12/h5,18H,3-4,6H2,1-2H3,(H,15,19). The molecule has 7 nitrogen and oxygen atoms in total. The van der Waals surface area contributed by atoms with Gasteiger partial charge in [-0.2, -0.15) is 4.98 Å². The Hall–Kier alpha value is -2.02. The number of aryl methyl sites for hydroxylation is 2. The molecule has 2 heterocycles. The smallest absolute Gasteiger partial charge is 0.291 e. The van der Waals surface area contributed by atoms with Gasteiger partial charge in [0.05, 0.1) is 12.1 Å². The highest BCUT2D eigenvalue weighted by molar-refractivity contribution is 5.91. The van der Waals surface area contributed by atoms with E-state index in [1.165, 1.54) is 0 Å². The number of aliphatic hydroxyl groups is 1. The van der Waals surface area contributed by atoms with E-state index >= 15 is 0 Å². The van der Waals surface area contributed by atoms with Gasteiger partial charge in [-0.15, -0.1) is 5.10 Å². The molecule has 100 valence electrons. The van der Waals surface area contributed by atoms with E-state index in [9.17, 15) is 9.90 Å². The topological polar surface area (TPSA) is 92.4 Å². The molecule has 1 saturated carbocycles. The van der Waals surface area contributed by atoms with Crippen molar-refractivity contribution in [3.8, 4) is 0 Å². The molecular weight excluding hydrogens is 246 g/mol. The van der Waals surface area contributed by atoms with E-state index in [0.29, 0.717) is 5.78 Å². The zero-order valence-corrected chi connectivity index (χ0v) is 10.8. The number of nitrogens with zero attached hydrogens (tertiary/aromatic N) is 4. The van der Waals surface area contributed by atoms with E-state index in [4.69, 9.17) is 0 Å². The number of hydrogen-bond acceptors (Lipinski definition) is 5. The van der Waals surface area contributed by atoms with Crippen molar-refractivity contribution in [3.63, 3.8) is 0 Å². The van der Waals surface area contributed by atoms with Crippen LogP contribution in [0.15, 0.2) is 6.07 Å². The molecule has 0 atom stereocenters. The Balaban J connectivity index is 1.93. The van der Waals surface area contributed by atoms with Crippen LogP contribution in [-0.4, -0.2) is 42.7 Å². The van der Waals surface area contributed by atoms with E-state index in [-0.39, 0.29) is 18.3 Å². The Bertz CT molecular complexity index is 659. The summed E-state index contributed by atoms with van der Waals surface area (Å²) >= 11 is 0. The van der Waals surface area contributed by atoms with Crippen molar-refractivity contribution < 1.29 is 9.90 Å². The molecule has 0 unspecified atom stereocenters. The van der Waals surface area contributed by atoms with E-state index in [0.717, 1.165) is 24.2 Å². The average molecular weight is 261 g/mol. The van der Waals surface area contributed by atoms with Crippen LogP contribution in [0.1, 0.15) is 34.8 Å². The fourth-order valence-corrected chi connectivity index (χ4v) is 2.03. The van der Waals surface area contributed by atoms with Gasteiger partial charge in [0.25, 0.3) is 11.7 Å². The van der Waals surface area contributed by atoms with E-state index in [2.05, 4.69) is 20.4 Å². The molecule has 2 aromatic rings. The van der Waals surface area contributed by atoms with Crippen LogP contribution in [-0.2, 0) is 0 Å². The van der Waals surface area contributed by atoms with E-state index in [1.54, 1.807) is 4.52 Å². The molecule has 0 aliphatic heterocycles. The predicted octanol–water partition coefficient (Wildman–Crippen LogP) is -0.00416. The first-order valence-electron chi connectivity index (χ1n) is 6.17. The van der Waals surface area contributed by atoms with E-state index in [1.807, 2.05) is 19.9 Å². The summed E-state index contributed by atoms with van der Waals surface area (Å²) in [5, 5.41) is 16.1. The van der Waals surface area contributed by atoms with Crippen LogP contribution >= 0.6 is 0 Å².